The van der Waals surface area contributed by atoms with Crippen molar-refractivity contribution in [1.82, 2.24) is 0 Å². The van der Waals surface area contributed by atoms with Crippen molar-refractivity contribution in [3.05, 3.63) is 0 Å². The van der Waals surface area contributed by atoms with Gasteiger partial charge in [-0.25, -0.2) is 0 Å². The van der Waals surface area contributed by atoms with Gasteiger partial charge < -0.3 is 10.5 Å². The molecule has 0 bridgehead atoms. The second kappa shape index (κ2) is 6.41. The zero-order chi connectivity index (χ0) is 10.4. The van der Waals surface area contributed by atoms with Gasteiger partial charge in [0.25, 0.3) is 0 Å². The van der Waals surface area contributed by atoms with E-state index in [-0.39, 0.29) is 0 Å². The average molecular weight is 199 g/mol. The largest absolute Gasteiger partial charge is 0.378 e. The fraction of sp³-hybridized carbons (Fsp3) is 1.00. The molecule has 0 aromatic carbocycles. The van der Waals surface area contributed by atoms with Crippen LogP contribution in [0, 0.1) is 5.92 Å². The van der Waals surface area contributed by atoms with Crippen LogP contribution in [0.5, 0.6) is 0 Å². The second-order valence-corrected chi connectivity index (χ2v) is 4.60. The van der Waals surface area contributed by atoms with Crippen LogP contribution in [0.25, 0.3) is 0 Å². The van der Waals surface area contributed by atoms with Crippen molar-refractivity contribution < 1.29 is 4.74 Å². The molecule has 1 atom stereocenters. The highest BCUT2D eigenvalue weighted by atomic mass is 16.5. The van der Waals surface area contributed by atoms with Crippen molar-refractivity contribution in [3.8, 4) is 0 Å². The zero-order valence-corrected chi connectivity index (χ0v) is 9.67. The third-order valence-electron chi connectivity index (χ3n) is 3.24. The Morgan fingerprint density at radius 3 is 2.57 bits per heavy atom. The van der Waals surface area contributed by atoms with E-state index in [1.807, 2.05) is 0 Å². The van der Waals surface area contributed by atoms with Gasteiger partial charge in [0, 0.05) is 12.6 Å². The van der Waals surface area contributed by atoms with Crippen LogP contribution in [0.3, 0.4) is 0 Å². The summed E-state index contributed by atoms with van der Waals surface area (Å²) in [6.45, 7) is 5.46. The minimum Gasteiger partial charge on any atom is -0.378 e. The Balaban J connectivity index is 2.02. The predicted molar refractivity (Wildman–Crippen MR) is 60.3 cm³/mol. The number of hydrogen-bond donors (Lipinski definition) is 1. The third-order valence-corrected chi connectivity index (χ3v) is 3.24. The molecule has 1 rings (SSSR count). The number of hydrogen-bond acceptors (Lipinski definition) is 2. The minimum atomic E-state index is 0.413. The highest BCUT2D eigenvalue weighted by molar-refractivity contribution is 4.83. The van der Waals surface area contributed by atoms with Gasteiger partial charge in [-0.15, -0.1) is 0 Å². The van der Waals surface area contributed by atoms with Gasteiger partial charge in [-0.2, -0.15) is 0 Å². The molecule has 0 aliphatic heterocycles. The van der Waals surface area contributed by atoms with Gasteiger partial charge in [-0.1, -0.05) is 33.1 Å². The molecule has 0 aromatic heterocycles. The van der Waals surface area contributed by atoms with Crippen LogP contribution in [0.2, 0.25) is 0 Å². The summed E-state index contributed by atoms with van der Waals surface area (Å²) in [7, 11) is 0. The summed E-state index contributed by atoms with van der Waals surface area (Å²) in [5, 5.41) is 0. The van der Waals surface area contributed by atoms with E-state index in [2.05, 4.69) is 13.8 Å². The summed E-state index contributed by atoms with van der Waals surface area (Å²) in [4.78, 5) is 0. The summed E-state index contributed by atoms with van der Waals surface area (Å²) in [5.41, 5.74) is 5.71. The Labute approximate surface area is 88.2 Å². The highest BCUT2D eigenvalue weighted by Gasteiger charge is 2.26. The molecule has 0 spiro atoms. The van der Waals surface area contributed by atoms with Crippen molar-refractivity contribution in [1.29, 1.82) is 0 Å². The lowest BCUT2D eigenvalue weighted by Crippen LogP contribution is -2.42. The standard InChI is InChI=1S/C12H25NO/c1-3-5-6-10(4-2)9-14-12-7-11(13)8-12/h10-12H,3-9,13H2,1-2H3. The van der Waals surface area contributed by atoms with E-state index in [4.69, 9.17) is 10.5 Å². The van der Waals surface area contributed by atoms with Crippen LogP contribution in [-0.4, -0.2) is 18.8 Å². The van der Waals surface area contributed by atoms with Crippen LogP contribution < -0.4 is 5.73 Å². The third kappa shape index (κ3) is 3.97. The van der Waals surface area contributed by atoms with Gasteiger partial charge in [0.15, 0.2) is 0 Å². The molecule has 0 heterocycles. The normalized spacial score (nSPS) is 28.5. The highest BCUT2D eigenvalue weighted by Crippen LogP contribution is 2.23. The molecular weight excluding hydrogens is 174 g/mol. The Morgan fingerprint density at radius 1 is 1.36 bits per heavy atom. The van der Waals surface area contributed by atoms with E-state index >= 15 is 0 Å². The first-order valence-corrected chi connectivity index (χ1v) is 6.13. The van der Waals surface area contributed by atoms with Gasteiger partial charge in [0.2, 0.25) is 0 Å². The maximum atomic E-state index is 5.82. The molecule has 0 aromatic rings. The first kappa shape index (κ1) is 12.0. The molecule has 1 aliphatic rings. The van der Waals surface area contributed by atoms with Gasteiger partial charge >= 0.3 is 0 Å². The second-order valence-electron chi connectivity index (χ2n) is 4.60. The molecule has 0 saturated heterocycles. The molecule has 0 radical (unpaired) electrons. The Bertz CT molecular complexity index is 143. The van der Waals surface area contributed by atoms with E-state index in [0.29, 0.717) is 12.1 Å². The molecule has 2 heteroatoms. The van der Waals surface area contributed by atoms with Gasteiger partial charge in [-0.3, -0.25) is 0 Å². The molecule has 14 heavy (non-hydrogen) atoms. The predicted octanol–water partition coefficient (Wildman–Crippen LogP) is 2.71. The molecule has 84 valence electrons. The van der Waals surface area contributed by atoms with Gasteiger partial charge in [-0.05, 0) is 25.2 Å². The maximum absolute atomic E-state index is 5.82. The number of ether oxygens (including phenoxy) is 1. The molecule has 1 saturated carbocycles. The molecule has 2 N–H and O–H groups in total. The maximum Gasteiger partial charge on any atom is 0.0604 e. The Hall–Kier alpha value is -0.0800. The fourth-order valence-corrected chi connectivity index (χ4v) is 1.91. The van der Waals surface area contributed by atoms with Gasteiger partial charge in [0.1, 0.15) is 0 Å². The summed E-state index contributed by atoms with van der Waals surface area (Å²) >= 11 is 0. The number of nitrogens with two attached hydrogens (primary N) is 1. The summed E-state index contributed by atoms with van der Waals surface area (Å²) < 4.78 is 5.82. The van der Waals surface area contributed by atoms with E-state index in [0.717, 1.165) is 25.4 Å². The first-order chi connectivity index (χ1) is 6.76. The van der Waals surface area contributed by atoms with E-state index < -0.39 is 0 Å². The first-order valence-electron chi connectivity index (χ1n) is 6.13. The van der Waals surface area contributed by atoms with Crippen LogP contribution in [-0.2, 0) is 4.74 Å². The van der Waals surface area contributed by atoms with Crippen molar-refractivity contribution in [2.75, 3.05) is 6.61 Å². The van der Waals surface area contributed by atoms with E-state index in [1.165, 1.54) is 25.7 Å². The fourth-order valence-electron chi connectivity index (χ4n) is 1.91. The molecular formula is C12H25NO. The van der Waals surface area contributed by atoms with Crippen molar-refractivity contribution in [2.24, 2.45) is 11.7 Å². The number of rotatable bonds is 7. The van der Waals surface area contributed by atoms with Crippen molar-refractivity contribution >= 4 is 0 Å². The monoisotopic (exact) mass is 199 g/mol. The minimum absolute atomic E-state index is 0.413. The van der Waals surface area contributed by atoms with Crippen LogP contribution in [0.4, 0.5) is 0 Å². The van der Waals surface area contributed by atoms with E-state index in [1.54, 1.807) is 0 Å². The van der Waals surface area contributed by atoms with Crippen molar-refractivity contribution in [2.45, 2.75) is 64.5 Å². The number of unbranched alkanes of at least 4 members (excludes halogenated alkanes) is 1. The molecule has 1 unspecified atom stereocenters. The van der Waals surface area contributed by atoms with E-state index in [9.17, 15) is 0 Å². The average Bonchev–Trinajstić information content (AvgIpc) is 2.15. The lowest BCUT2D eigenvalue weighted by Gasteiger charge is -2.33. The SMILES string of the molecule is CCCCC(CC)COC1CC(N)C1. The quantitative estimate of drug-likeness (QED) is 0.684. The lowest BCUT2D eigenvalue weighted by atomic mass is 9.90. The summed E-state index contributed by atoms with van der Waals surface area (Å²) in [6.07, 6.45) is 7.83. The van der Waals surface area contributed by atoms with Crippen molar-refractivity contribution in [3.63, 3.8) is 0 Å². The molecule has 1 fully saturated rings. The summed E-state index contributed by atoms with van der Waals surface area (Å²) in [6, 6.07) is 0.413. The topological polar surface area (TPSA) is 35.2 Å². The summed E-state index contributed by atoms with van der Waals surface area (Å²) in [5.74, 6) is 0.770. The zero-order valence-electron chi connectivity index (χ0n) is 9.67. The molecule has 1 aliphatic carbocycles. The van der Waals surface area contributed by atoms with Gasteiger partial charge in [0.05, 0.1) is 6.10 Å². The molecule has 0 amide bonds. The molecule has 2 nitrogen and oxygen atoms in total. The Kier molecular flexibility index (Phi) is 5.49. The van der Waals surface area contributed by atoms with Crippen LogP contribution >= 0.6 is 0 Å². The van der Waals surface area contributed by atoms with Crippen LogP contribution in [0.15, 0.2) is 0 Å². The lowest BCUT2D eigenvalue weighted by molar-refractivity contribution is -0.0269. The smallest absolute Gasteiger partial charge is 0.0604 e. The Morgan fingerprint density at radius 2 is 2.07 bits per heavy atom. The van der Waals surface area contributed by atoms with Crippen LogP contribution in [0.1, 0.15) is 52.4 Å².